The molecule has 1 saturated heterocycles. The number of benzene rings is 1. The van der Waals surface area contributed by atoms with Gasteiger partial charge in [0.25, 0.3) is 5.91 Å². The Hall–Kier alpha value is -1.75. The van der Waals surface area contributed by atoms with Gasteiger partial charge in [0.15, 0.2) is 0 Å². The van der Waals surface area contributed by atoms with E-state index in [2.05, 4.69) is 17.1 Å². The second-order valence-electron chi connectivity index (χ2n) is 5.90. The van der Waals surface area contributed by atoms with Gasteiger partial charge in [0.1, 0.15) is 17.1 Å². The van der Waals surface area contributed by atoms with E-state index in [4.69, 9.17) is 4.74 Å². The van der Waals surface area contributed by atoms with Crippen LogP contribution in [0, 0.1) is 13.8 Å². The number of aromatic hydroxyl groups is 1. The topological polar surface area (TPSA) is 61.8 Å². The van der Waals surface area contributed by atoms with Gasteiger partial charge in [-0.15, -0.1) is 0 Å². The third kappa shape index (κ3) is 3.19. The van der Waals surface area contributed by atoms with Crippen LogP contribution in [0.25, 0.3) is 0 Å². The zero-order valence-electron chi connectivity index (χ0n) is 13.9. The maximum atomic E-state index is 12.5. The average molecular weight is 306 g/mol. The van der Waals surface area contributed by atoms with Crippen molar-refractivity contribution < 1.29 is 14.6 Å². The lowest BCUT2D eigenvalue weighted by atomic mass is 10.0. The van der Waals surface area contributed by atoms with Crippen LogP contribution < -0.4 is 10.1 Å². The quantitative estimate of drug-likeness (QED) is 0.876. The van der Waals surface area contributed by atoms with E-state index >= 15 is 0 Å². The molecule has 22 heavy (non-hydrogen) atoms. The van der Waals surface area contributed by atoms with E-state index in [9.17, 15) is 9.90 Å². The molecule has 0 spiro atoms. The Bertz CT molecular complexity index is 557. The van der Waals surface area contributed by atoms with Crippen molar-refractivity contribution in [1.82, 2.24) is 10.2 Å². The molecule has 1 fully saturated rings. The predicted octanol–water partition coefficient (Wildman–Crippen LogP) is 2.23. The molecule has 0 aliphatic carbocycles. The highest BCUT2D eigenvalue weighted by Crippen LogP contribution is 2.34. The summed E-state index contributed by atoms with van der Waals surface area (Å²) in [4.78, 5) is 14.9. The number of aryl methyl sites for hydroxylation is 2. The molecule has 1 aliphatic heterocycles. The van der Waals surface area contributed by atoms with Crippen molar-refractivity contribution in [3.8, 4) is 11.5 Å². The van der Waals surface area contributed by atoms with Crippen molar-refractivity contribution in [1.29, 1.82) is 0 Å². The first kappa shape index (κ1) is 16.6. The summed E-state index contributed by atoms with van der Waals surface area (Å²) >= 11 is 0. The van der Waals surface area contributed by atoms with Gasteiger partial charge in [-0.05, 0) is 57.0 Å². The maximum absolute atomic E-state index is 12.5. The highest BCUT2D eigenvalue weighted by Gasteiger charge is 2.26. The number of likely N-dealkylation sites (tertiary alicyclic amines) is 1. The molecule has 122 valence electrons. The first-order chi connectivity index (χ1) is 10.5. The summed E-state index contributed by atoms with van der Waals surface area (Å²) in [6.07, 6.45) is 2.27. The summed E-state index contributed by atoms with van der Waals surface area (Å²) in [5.74, 6) is 0.169. The maximum Gasteiger partial charge on any atom is 0.258 e. The van der Waals surface area contributed by atoms with E-state index in [1.165, 1.54) is 13.5 Å². The van der Waals surface area contributed by atoms with Gasteiger partial charge >= 0.3 is 0 Å². The van der Waals surface area contributed by atoms with E-state index in [1.807, 2.05) is 13.0 Å². The minimum atomic E-state index is -0.274. The number of hydrogen-bond donors (Lipinski definition) is 2. The fourth-order valence-electron chi connectivity index (χ4n) is 3.28. The van der Waals surface area contributed by atoms with E-state index in [1.54, 1.807) is 6.92 Å². The Kier molecular flexibility index (Phi) is 5.29. The Morgan fingerprint density at radius 1 is 1.45 bits per heavy atom. The minimum Gasteiger partial charge on any atom is -0.507 e. The van der Waals surface area contributed by atoms with Crippen LogP contribution in [0.15, 0.2) is 6.07 Å². The Morgan fingerprint density at radius 2 is 2.18 bits per heavy atom. The summed E-state index contributed by atoms with van der Waals surface area (Å²) in [5.41, 5.74) is 1.76. The standard InChI is InChI=1S/C17H26N2O3/c1-5-19-8-6-7-13(19)10-18-17(21)14-15(20)11(2)9-12(3)16(14)22-4/h9,13,20H,5-8,10H2,1-4H3,(H,18,21)/t13-/m0/s1. The number of hydrogen-bond acceptors (Lipinski definition) is 4. The number of carbonyl (C=O) groups excluding carboxylic acids is 1. The molecule has 0 radical (unpaired) electrons. The van der Waals surface area contributed by atoms with Crippen LogP contribution in [0.1, 0.15) is 41.3 Å². The Morgan fingerprint density at radius 3 is 2.82 bits per heavy atom. The lowest BCUT2D eigenvalue weighted by molar-refractivity contribution is 0.0935. The molecule has 0 unspecified atom stereocenters. The van der Waals surface area contributed by atoms with Gasteiger partial charge in [-0.1, -0.05) is 6.92 Å². The van der Waals surface area contributed by atoms with Gasteiger partial charge in [0.2, 0.25) is 0 Å². The van der Waals surface area contributed by atoms with Crippen LogP contribution in [0.5, 0.6) is 11.5 Å². The third-order valence-electron chi connectivity index (χ3n) is 4.46. The van der Waals surface area contributed by atoms with Crippen molar-refractivity contribution in [3.05, 3.63) is 22.8 Å². The van der Waals surface area contributed by atoms with Crippen molar-refractivity contribution in [2.24, 2.45) is 0 Å². The van der Waals surface area contributed by atoms with E-state index in [0.29, 0.717) is 23.9 Å². The van der Waals surface area contributed by atoms with Crippen molar-refractivity contribution >= 4 is 5.91 Å². The Labute approximate surface area is 132 Å². The summed E-state index contributed by atoms with van der Waals surface area (Å²) in [5, 5.41) is 13.2. The van der Waals surface area contributed by atoms with Crippen molar-refractivity contribution in [2.75, 3.05) is 26.7 Å². The highest BCUT2D eigenvalue weighted by atomic mass is 16.5. The fraction of sp³-hybridized carbons (Fsp3) is 0.588. The first-order valence-electron chi connectivity index (χ1n) is 7.89. The zero-order valence-corrected chi connectivity index (χ0v) is 13.9. The number of nitrogens with zero attached hydrogens (tertiary/aromatic N) is 1. The van der Waals surface area contributed by atoms with E-state index in [0.717, 1.165) is 25.1 Å². The molecule has 2 rings (SSSR count). The van der Waals surface area contributed by atoms with Crippen LogP contribution >= 0.6 is 0 Å². The molecule has 1 amide bonds. The third-order valence-corrected chi connectivity index (χ3v) is 4.46. The monoisotopic (exact) mass is 306 g/mol. The van der Waals surface area contributed by atoms with Crippen LogP contribution in [-0.4, -0.2) is 48.7 Å². The zero-order chi connectivity index (χ0) is 16.3. The van der Waals surface area contributed by atoms with Crippen molar-refractivity contribution in [3.63, 3.8) is 0 Å². The van der Waals surface area contributed by atoms with Gasteiger partial charge < -0.3 is 15.2 Å². The molecule has 1 aromatic rings. The largest absolute Gasteiger partial charge is 0.507 e. The van der Waals surface area contributed by atoms with Gasteiger partial charge in [-0.3, -0.25) is 9.69 Å². The van der Waals surface area contributed by atoms with Crippen LogP contribution in [-0.2, 0) is 0 Å². The molecule has 1 heterocycles. The summed E-state index contributed by atoms with van der Waals surface area (Å²) in [7, 11) is 1.52. The average Bonchev–Trinajstić information content (AvgIpc) is 2.95. The van der Waals surface area contributed by atoms with E-state index in [-0.39, 0.29) is 17.2 Å². The first-order valence-corrected chi connectivity index (χ1v) is 7.89. The van der Waals surface area contributed by atoms with E-state index < -0.39 is 0 Å². The smallest absolute Gasteiger partial charge is 0.258 e. The van der Waals surface area contributed by atoms with Crippen LogP contribution in [0.2, 0.25) is 0 Å². The fourth-order valence-corrected chi connectivity index (χ4v) is 3.28. The van der Waals surface area contributed by atoms with Gasteiger partial charge in [0.05, 0.1) is 7.11 Å². The predicted molar refractivity (Wildman–Crippen MR) is 86.7 cm³/mol. The lowest BCUT2D eigenvalue weighted by Gasteiger charge is -2.23. The second-order valence-corrected chi connectivity index (χ2v) is 5.90. The van der Waals surface area contributed by atoms with Gasteiger partial charge in [0, 0.05) is 12.6 Å². The Balaban J connectivity index is 2.16. The second kappa shape index (κ2) is 7.01. The molecular formula is C17H26N2O3. The molecule has 0 saturated carbocycles. The summed E-state index contributed by atoms with van der Waals surface area (Å²) in [6, 6.07) is 2.20. The molecule has 0 aromatic heterocycles. The van der Waals surface area contributed by atoms with Crippen LogP contribution in [0.4, 0.5) is 0 Å². The number of carbonyl (C=O) groups is 1. The number of rotatable bonds is 5. The minimum absolute atomic E-state index is 0.00119. The number of nitrogens with one attached hydrogen (secondary N) is 1. The molecular weight excluding hydrogens is 280 g/mol. The number of amides is 1. The normalized spacial score (nSPS) is 18.5. The van der Waals surface area contributed by atoms with Gasteiger partial charge in [-0.2, -0.15) is 0 Å². The lowest BCUT2D eigenvalue weighted by Crippen LogP contribution is -2.40. The summed E-state index contributed by atoms with van der Waals surface area (Å²) < 4.78 is 5.32. The number of phenols is 1. The van der Waals surface area contributed by atoms with Gasteiger partial charge in [-0.25, -0.2) is 0 Å². The number of methoxy groups -OCH3 is 1. The molecule has 5 heteroatoms. The number of ether oxygens (including phenoxy) is 1. The van der Waals surface area contributed by atoms with Crippen LogP contribution in [0.3, 0.4) is 0 Å². The highest BCUT2D eigenvalue weighted by molar-refractivity contribution is 6.00. The van der Waals surface area contributed by atoms with Crippen molar-refractivity contribution in [2.45, 2.75) is 39.7 Å². The molecule has 1 atom stereocenters. The SMILES string of the molecule is CCN1CCC[C@H]1CNC(=O)c1c(O)c(C)cc(C)c1OC. The molecule has 0 bridgehead atoms. The molecule has 1 aliphatic rings. The molecule has 1 aromatic carbocycles. The molecule has 2 N–H and O–H groups in total. The summed E-state index contributed by atoms with van der Waals surface area (Å²) in [6.45, 7) is 8.49. The molecule has 5 nitrogen and oxygen atoms in total. The number of phenolic OH excluding ortho intramolecular Hbond substituents is 1. The number of likely N-dealkylation sites (N-methyl/N-ethyl adjacent to an activating group) is 1.